The van der Waals surface area contributed by atoms with E-state index in [4.69, 9.17) is 9.47 Å². The van der Waals surface area contributed by atoms with Gasteiger partial charge in [0.2, 0.25) is 0 Å². The number of hydrogen-bond donors (Lipinski definition) is 1. The van der Waals surface area contributed by atoms with E-state index in [9.17, 15) is 4.39 Å². The first-order chi connectivity index (χ1) is 8.58. The van der Waals surface area contributed by atoms with Gasteiger partial charge in [0.05, 0.1) is 17.2 Å². The van der Waals surface area contributed by atoms with Gasteiger partial charge in [0.15, 0.2) is 0 Å². The molecule has 0 heterocycles. The van der Waals surface area contributed by atoms with Crippen molar-refractivity contribution in [2.75, 3.05) is 27.4 Å². The second-order valence-electron chi connectivity index (χ2n) is 4.12. The van der Waals surface area contributed by atoms with E-state index >= 15 is 0 Å². The molecule has 0 aliphatic carbocycles. The fraction of sp³-hybridized carbons (Fsp3) is 0.538. The Kier molecular flexibility index (Phi) is 6.78. The zero-order valence-electron chi connectivity index (χ0n) is 10.9. The van der Waals surface area contributed by atoms with Crippen molar-refractivity contribution in [3.63, 3.8) is 0 Å². The number of rotatable bonds is 7. The van der Waals surface area contributed by atoms with Crippen molar-refractivity contribution >= 4 is 15.9 Å². The lowest BCUT2D eigenvalue weighted by Gasteiger charge is -2.19. The number of ether oxygens (including phenoxy) is 2. The Morgan fingerprint density at radius 1 is 1.39 bits per heavy atom. The second kappa shape index (κ2) is 7.84. The van der Waals surface area contributed by atoms with Crippen LogP contribution < -0.4 is 5.32 Å². The molecule has 0 aromatic heterocycles. The van der Waals surface area contributed by atoms with Crippen LogP contribution in [0, 0.1) is 5.82 Å². The molecule has 18 heavy (non-hydrogen) atoms. The predicted octanol–water partition coefficient (Wildman–Crippen LogP) is 2.90. The van der Waals surface area contributed by atoms with Gasteiger partial charge in [0.1, 0.15) is 5.82 Å². The van der Waals surface area contributed by atoms with Gasteiger partial charge in [-0.25, -0.2) is 4.39 Å². The zero-order valence-corrected chi connectivity index (χ0v) is 12.5. The van der Waals surface area contributed by atoms with Crippen molar-refractivity contribution in [1.82, 2.24) is 5.32 Å². The van der Waals surface area contributed by atoms with Crippen LogP contribution in [0.5, 0.6) is 0 Å². The molecule has 0 radical (unpaired) electrons. The Balaban J connectivity index is 2.53. The summed E-state index contributed by atoms with van der Waals surface area (Å²) in [6.07, 6.45) is 0.0151. The van der Waals surface area contributed by atoms with Crippen LogP contribution in [-0.2, 0) is 9.47 Å². The number of hydrogen-bond acceptors (Lipinski definition) is 3. The summed E-state index contributed by atoms with van der Waals surface area (Å²) in [4.78, 5) is 0. The molecule has 0 aliphatic heterocycles. The van der Waals surface area contributed by atoms with Gasteiger partial charge in [-0.1, -0.05) is 6.07 Å². The van der Waals surface area contributed by atoms with Gasteiger partial charge in [-0.2, -0.15) is 0 Å². The predicted molar refractivity (Wildman–Crippen MR) is 73.2 cm³/mol. The summed E-state index contributed by atoms with van der Waals surface area (Å²) in [7, 11) is 3.30. The van der Waals surface area contributed by atoms with Crippen molar-refractivity contribution in [1.29, 1.82) is 0 Å². The van der Waals surface area contributed by atoms with Gasteiger partial charge in [0, 0.05) is 26.8 Å². The highest BCUT2D eigenvalue weighted by atomic mass is 79.9. The molecule has 0 amide bonds. The highest BCUT2D eigenvalue weighted by molar-refractivity contribution is 9.10. The Labute approximate surface area is 116 Å². The summed E-state index contributed by atoms with van der Waals surface area (Å²) in [6, 6.07) is 5.14. The van der Waals surface area contributed by atoms with E-state index in [0.717, 1.165) is 5.56 Å². The smallest absolute Gasteiger partial charge is 0.137 e. The Morgan fingerprint density at radius 3 is 2.67 bits per heavy atom. The van der Waals surface area contributed by atoms with Crippen LogP contribution in [0.1, 0.15) is 18.5 Å². The average Bonchev–Trinajstić information content (AvgIpc) is 2.37. The van der Waals surface area contributed by atoms with Crippen molar-refractivity contribution in [2.45, 2.75) is 19.1 Å². The molecular formula is C13H19BrFNO2. The van der Waals surface area contributed by atoms with E-state index in [-0.39, 0.29) is 18.0 Å². The van der Waals surface area contributed by atoms with Crippen LogP contribution in [0.3, 0.4) is 0 Å². The Bertz CT molecular complexity index is 376. The minimum absolute atomic E-state index is 0.0151. The van der Waals surface area contributed by atoms with E-state index in [2.05, 4.69) is 21.2 Å². The molecule has 0 saturated heterocycles. The lowest BCUT2D eigenvalue weighted by Crippen LogP contribution is -2.33. The summed E-state index contributed by atoms with van der Waals surface area (Å²) in [6.45, 7) is 3.25. The molecule has 0 bridgehead atoms. The molecule has 102 valence electrons. The van der Waals surface area contributed by atoms with Gasteiger partial charge >= 0.3 is 0 Å². The van der Waals surface area contributed by atoms with Crippen LogP contribution in [0.25, 0.3) is 0 Å². The van der Waals surface area contributed by atoms with Gasteiger partial charge in [0.25, 0.3) is 0 Å². The topological polar surface area (TPSA) is 30.5 Å². The highest BCUT2D eigenvalue weighted by Crippen LogP contribution is 2.21. The van der Waals surface area contributed by atoms with Gasteiger partial charge < -0.3 is 14.8 Å². The van der Waals surface area contributed by atoms with Gasteiger partial charge in [-0.3, -0.25) is 0 Å². The minimum atomic E-state index is -0.250. The number of nitrogens with one attached hydrogen (secondary N) is 1. The van der Waals surface area contributed by atoms with Crippen LogP contribution in [0.2, 0.25) is 0 Å². The first kappa shape index (κ1) is 15.6. The van der Waals surface area contributed by atoms with Crippen LogP contribution >= 0.6 is 15.9 Å². The lowest BCUT2D eigenvalue weighted by molar-refractivity contribution is 0.0276. The number of methoxy groups -OCH3 is 2. The molecule has 1 aromatic carbocycles. The third-order valence-corrected chi connectivity index (χ3v) is 3.39. The fourth-order valence-corrected chi connectivity index (χ4v) is 2.00. The zero-order chi connectivity index (χ0) is 13.5. The van der Waals surface area contributed by atoms with E-state index < -0.39 is 0 Å². The normalized spacial score (nSPS) is 14.5. The van der Waals surface area contributed by atoms with Gasteiger partial charge in [-0.05, 0) is 40.5 Å². The molecule has 3 nitrogen and oxygen atoms in total. The third-order valence-electron chi connectivity index (χ3n) is 2.78. The van der Waals surface area contributed by atoms with E-state index in [1.54, 1.807) is 26.4 Å². The first-order valence-corrected chi connectivity index (χ1v) is 6.57. The molecule has 1 aromatic rings. The second-order valence-corrected chi connectivity index (χ2v) is 4.97. The van der Waals surface area contributed by atoms with Crippen molar-refractivity contribution in [3.8, 4) is 0 Å². The van der Waals surface area contributed by atoms with E-state index in [0.29, 0.717) is 17.6 Å². The SMILES string of the molecule is COCC(CNC(C)c1ccc(F)c(Br)c1)OC. The fourth-order valence-electron chi connectivity index (χ4n) is 1.60. The lowest BCUT2D eigenvalue weighted by atomic mass is 10.1. The van der Waals surface area contributed by atoms with Crippen LogP contribution in [-0.4, -0.2) is 33.5 Å². The standard InChI is InChI=1S/C13H19BrFNO2/c1-9(16-7-11(18-3)8-17-2)10-4-5-13(15)12(14)6-10/h4-6,9,11,16H,7-8H2,1-3H3. The monoisotopic (exact) mass is 319 g/mol. The molecule has 1 rings (SSSR count). The summed E-state index contributed by atoms with van der Waals surface area (Å²) in [5, 5.41) is 3.33. The Hall–Kier alpha value is -0.490. The van der Waals surface area contributed by atoms with Crippen LogP contribution in [0.15, 0.2) is 22.7 Å². The molecule has 2 atom stereocenters. The van der Waals surface area contributed by atoms with Crippen molar-refractivity contribution < 1.29 is 13.9 Å². The third kappa shape index (κ3) is 4.65. The summed E-state index contributed by atoms with van der Waals surface area (Å²) >= 11 is 3.19. The maximum atomic E-state index is 13.1. The van der Waals surface area contributed by atoms with E-state index in [1.165, 1.54) is 6.07 Å². The molecule has 5 heteroatoms. The molecule has 0 spiro atoms. The van der Waals surface area contributed by atoms with Crippen LogP contribution in [0.4, 0.5) is 4.39 Å². The van der Waals surface area contributed by atoms with Crippen molar-refractivity contribution in [3.05, 3.63) is 34.1 Å². The van der Waals surface area contributed by atoms with Crippen molar-refractivity contribution in [2.24, 2.45) is 0 Å². The molecule has 1 N–H and O–H groups in total. The average molecular weight is 320 g/mol. The van der Waals surface area contributed by atoms with Gasteiger partial charge in [-0.15, -0.1) is 0 Å². The molecule has 0 fully saturated rings. The Morgan fingerprint density at radius 2 is 2.11 bits per heavy atom. The molecular weight excluding hydrogens is 301 g/mol. The largest absolute Gasteiger partial charge is 0.382 e. The number of halogens is 2. The summed E-state index contributed by atoms with van der Waals surface area (Å²) in [5.74, 6) is -0.250. The highest BCUT2D eigenvalue weighted by Gasteiger charge is 2.11. The quantitative estimate of drug-likeness (QED) is 0.838. The maximum absolute atomic E-state index is 13.1. The first-order valence-electron chi connectivity index (χ1n) is 5.78. The maximum Gasteiger partial charge on any atom is 0.137 e. The molecule has 0 aliphatic rings. The summed E-state index contributed by atoms with van der Waals surface area (Å²) in [5.41, 5.74) is 1.02. The van der Waals surface area contributed by atoms with E-state index in [1.807, 2.05) is 6.92 Å². The summed E-state index contributed by atoms with van der Waals surface area (Å²) < 4.78 is 23.9. The molecule has 0 saturated carbocycles. The minimum Gasteiger partial charge on any atom is -0.382 e. The number of benzene rings is 1. The molecule has 2 unspecified atom stereocenters.